The zero-order chi connectivity index (χ0) is 12.2. The van der Waals surface area contributed by atoms with E-state index in [1.54, 1.807) is 11.5 Å². The molecule has 90 valence electrons. The summed E-state index contributed by atoms with van der Waals surface area (Å²) in [6, 6.07) is 0. The van der Waals surface area contributed by atoms with E-state index in [-0.39, 0.29) is 13.1 Å². The average Bonchev–Trinajstić information content (AvgIpc) is 2.70. The second-order valence-electron chi connectivity index (χ2n) is 2.98. The summed E-state index contributed by atoms with van der Waals surface area (Å²) in [6.45, 7) is 0.0164. The van der Waals surface area contributed by atoms with E-state index in [1.807, 2.05) is 0 Å². The number of amides is 1. The summed E-state index contributed by atoms with van der Waals surface area (Å²) >= 11 is 0. The van der Waals surface area contributed by atoms with Gasteiger partial charge in [-0.25, -0.2) is 13.8 Å². The minimum absolute atomic E-state index is 0.169. The fourth-order valence-electron chi connectivity index (χ4n) is 0.934. The fourth-order valence-corrected chi connectivity index (χ4v) is 0.934. The molecular weight excluding hydrogens is 230 g/mol. The molecule has 1 rings (SSSR count). The molecule has 0 radical (unpaired) electrons. The predicted octanol–water partition coefficient (Wildman–Crippen LogP) is 0.900. The van der Waals surface area contributed by atoms with Crippen molar-refractivity contribution in [2.45, 2.75) is 18.9 Å². The van der Waals surface area contributed by atoms with Crippen LogP contribution in [0.4, 0.5) is 17.6 Å². The van der Waals surface area contributed by atoms with Gasteiger partial charge in [-0.2, -0.15) is 8.78 Å². The topological polar surface area (TPSA) is 46.9 Å². The quantitative estimate of drug-likeness (QED) is 0.776. The standard InChI is InChI=1S/C8H9F4N3O/c9-6(10)8(11,12)7(16)14-2-4-15-3-1-13-5-15/h1,3,5-6H,2,4H2,(H,14,16). The highest BCUT2D eigenvalue weighted by atomic mass is 19.3. The first kappa shape index (κ1) is 12.5. The van der Waals surface area contributed by atoms with E-state index >= 15 is 0 Å². The molecule has 0 atom stereocenters. The molecule has 1 N–H and O–H groups in total. The van der Waals surface area contributed by atoms with Crippen LogP contribution >= 0.6 is 0 Å². The van der Waals surface area contributed by atoms with Gasteiger partial charge in [-0.05, 0) is 0 Å². The van der Waals surface area contributed by atoms with Crippen molar-refractivity contribution in [3.05, 3.63) is 18.7 Å². The Morgan fingerprint density at radius 1 is 1.50 bits per heavy atom. The molecule has 0 aromatic carbocycles. The highest BCUT2D eigenvalue weighted by Gasteiger charge is 2.48. The fraction of sp³-hybridized carbons (Fsp3) is 0.500. The van der Waals surface area contributed by atoms with Gasteiger partial charge in [-0.3, -0.25) is 4.79 Å². The van der Waals surface area contributed by atoms with E-state index in [1.165, 1.54) is 17.1 Å². The number of halogens is 4. The van der Waals surface area contributed by atoms with Gasteiger partial charge in [0, 0.05) is 25.5 Å². The van der Waals surface area contributed by atoms with Crippen LogP contribution in [0, 0.1) is 0 Å². The van der Waals surface area contributed by atoms with Crippen LogP contribution in [-0.4, -0.2) is 34.4 Å². The summed E-state index contributed by atoms with van der Waals surface area (Å²) in [5.41, 5.74) is 0. The molecule has 1 heterocycles. The number of hydrogen-bond acceptors (Lipinski definition) is 2. The maximum Gasteiger partial charge on any atom is 0.383 e. The van der Waals surface area contributed by atoms with Crippen LogP contribution in [0.2, 0.25) is 0 Å². The first-order chi connectivity index (χ1) is 7.44. The van der Waals surface area contributed by atoms with Crippen LogP contribution in [-0.2, 0) is 11.3 Å². The van der Waals surface area contributed by atoms with Gasteiger partial charge in [0.05, 0.1) is 6.33 Å². The van der Waals surface area contributed by atoms with E-state index < -0.39 is 18.3 Å². The van der Waals surface area contributed by atoms with Crippen LogP contribution in [0.15, 0.2) is 18.7 Å². The second-order valence-corrected chi connectivity index (χ2v) is 2.98. The molecule has 0 aliphatic rings. The van der Waals surface area contributed by atoms with Gasteiger partial charge in [-0.1, -0.05) is 0 Å². The Labute approximate surface area is 88.3 Å². The zero-order valence-corrected chi connectivity index (χ0v) is 8.04. The normalized spacial score (nSPS) is 11.8. The molecule has 0 aliphatic carbocycles. The van der Waals surface area contributed by atoms with Gasteiger partial charge < -0.3 is 9.88 Å². The lowest BCUT2D eigenvalue weighted by molar-refractivity contribution is -0.169. The summed E-state index contributed by atoms with van der Waals surface area (Å²) in [6.07, 6.45) is 0.436. The molecule has 8 heteroatoms. The molecule has 16 heavy (non-hydrogen) atoms. The van der Waals surface area contributed by atoms with Gasteiger partial charge in [0.15, 0.2) is 0 Å². The zero-order valence-electron chi connectivity index (χ0n) is 8.04. The summed E-state index contributed by atoms with van der Waals surface area (Å²) < 4.78 is 49.8. The van der Waals surface area contributed by atoms with Gasteiger partial charge in [0.1, 0.15) is 0 Å². The first-order valence-corrected chi connectivity index (χ1v) is 4.34. The van der Waals surface area contributed by atoms with Crippen molar-refractivity contribution in [2.75, 3.05) is 6.54 Å². The highest BCUT2D eigenvalue weighted by Crippen LogP contribution is 2.22. The molecular formula is C8H9F4N3O. The van der Waals surface area contributed by atoms with E-state index in [2.05, 4.69) is 4.98 Å². The summed E-state index contributed by atoms with van der Waals surface area (Å²) in [5.74, 6) is -6.61. The minimum Gasteiger partial charge on any atom is -0.349 e. The van der Waals surface area contributed by atoms with Crippen LogP contribution < -0.4 is 5.32 Å². The molecule has 0 saturated carbocycles. The molecule has 0 unspecified atom stereocenters. The van der Waals surface area contributed by atoms with Crippen LogP contribution in [0.3, 0.4) is 0 Å². The largest absolute Gasteiger partial charge is 0.383 e. The van der Waals surface area contributed by atoms with E-state index in [0.29, 0.717) is 0 Å². The first-order valence-electron chi connectivity index (χ1n) is 4.34. The number of carbonyl (C=O) groups excluding carboxylic acids is 1. The summed E-state index contributed by atoms with van der Waals surface area (Å²) in [5, 5.41) is 1.72. The third kappa shape index (κ3) is 2.94. The Balaban J connectivity index is 2.36. The Morgan fingerprint density at radius 2 is 2.19 bits per heavy atom. The maximum atomic E-state index is 12.4. The smallest absolute Gasteiger partial charge is 0.349 e. The second kappa shape index (κ2) is 4.95. The van der Waals surface area contributed by atoms with Crippen molar-refractivity contribution in [3.8, 4) is 0 Å². The monoisotopic (exact) mass is 239 g/mol. The molecule has 1 aromatic heterocycles. The molecule has 1 aromatic rings. The summed E-state index contributed by atoms with van der Waals surface area (Å²) in [4.78, 5) is 14.3. The lowest BCUT2D eigenvalue weighted by Crippen LogP contribution is -2.46. The number of rotatable bonds is 5. The Bertz CT molecular complexity index is 339. The third-order valence-corrected chi connectivity index (χ3v) is 1.79. The highest BCUT2D eigenvalue weighted by molar-refractivity contribution is 5.83. The maximum absolute atomic E-state index is 12.4. The predicted molar refractivity (Wildman–Crippen MR) is 46.2 cm³/mol. The van der Waals surface area contributed by atoms with Gasteiger partial charge >= 0.3 is 12.3 Å². The third-order valence-electron chi connectivity index (χ3n) is 1.79. The molecule has 0 saturated heterocycles. The van der Waals surface area contributed by atoms with Gasteiger partial charge in [0.25, 0.3) is 5.91 Å². The van der Waals surface area contributed by atoms with Crippen molar-refractivity contribution in [2.24, 2.45) is 0 Å². The minimum atomic E-state index is -4.64. The van der Waals surface area contributed by atoms with Crippen LogP contribution in [0.1, 0.15) is 0 Å². The van der Waals surface area contributed by atoms with Gasteiger partial charge in [0.2, 0.25) is 0 Å². The summed E-state index contributed by atoms with van der Waals surface area (Å²) in [7, 11) is 0. The van der Waals surface area contributed by atoms with Crippen molar-refractivity contribution in [1.82, 2.24) is 14.9 Å². The van der Waals surface area contributed by atoms with E-state index in [0.717, 1.165) is 0 Å². The van der Waals surface area contributed by atoms with Crippen molar-refractivity contribution < 1.29 is 22.4 Å². The number of aromatic nitrogens is 2. The van der Waals surface area contributed by atoms with E-state index in [4.69, 9.17) is 0 Å². The molecule has 4 nitrogen and oxygen atoms in total. The van der Waals surface area contributed by atoms with Crippen LogP contribution in [0.5, 0.6) is 0 Å². The number of alkyl halides is 4. The number of carbonyl (C=O) groups is 1. The number of nitrogens with one attached hydrogen (secondary N) is 1. The van der Waals surface area contributed by atoms with Crippen molar-refractivity contribution in [3.63, 3.8) is 0 Å². The molecule has 0 bridgehead atoms. The van der Waals surface area contributed by atoms with Crippen LogP contribution in [0.25, 0.3) is 0 Å². The molecule has 1 amide bonds. The molecule has 0 spiro atoms. The number of nitrogens with zero attached hydrogens (tertiary/aromatic N) is 2. The van der Waals surface area contributed by atoms with Crippen molar-refractivity contribution in [1.29, 1.82) is 0 Å². The number of hydrogen-bond donors (Lipinski definition) is 1. The van der Waals surface area contributed by atoms with Gasteiger partial charge in [-0.15, -0.1) is 0 Å². The number of imidazole rings is 1. The Hall–Kier alpha value is -1.60. The lowest BCUT2D eigenvalue weighted by Gasteiger charge is -2.14. The SMILES string of the molecule is O=C(NCCn1ccnc1)C(F)(F)C(F)F. The average molecular weight is 239 g/mol. The molecule has 0 fully saturated rings. The van der Waals surface area contributed by atoms with Crippen molar-refractivity contribution >= 4 is 5.91 Å². The Morgan fingerprint density at radius 3 is 2.69 bits per heavy atom. The van der Waals surface area contributed by atoms with E-state index in [9.17, 15) is 22.4 Å². The Kier molecular flexibility index (Phi) is 3.86. The lowest BCUT2D eigenvalue weighted by atomic mass is 10.3. The molecule has 0 aliphatic heterocycles.